The normalized spacial score (nSPS) is 10.3. The minimum atomic E-state index is 0.0872. The molecule has 3 N–H and O–H groups in total. The van der Waals surface area contributed by atoms with E-state index in [1.54, 1.807) is 6.07 Å². The van der Waals surface area contributed by atoms with Gasteiger partial charge < -0.3 is 10.5 Å². The molecule has 0 saturated heterocycles. The highest BCUT2D eigenvalue weighted by Crippen LogP contribution is 2.19. The van der Waals surface area contributed by atoms with Crippen molar-refractivity contribution in [1.29, 1.82) is 5.41 Å². The van der Waals surface area contributed by atoms with Gasteiger partial charge in [0.1, 0.15) is 11.6 Å². The number of nitrogens with one attached hydrogen (secondary N) is 1. The van der Waals surface area contributed by atoms with Crippen molar-refractivity contribution in [1.82, 2.24) is 0 Å². The molecule has 1 aromatic carbocycles. The molecule has 76 valence electrons. The average molecular weight is 192 g/mol. The second kappa shape index (κ2) is 4.13. The maximum atomic E-state index is 7.28. The first-order chi connectivity index (χ1) is 6.50. The fraction of sp³-hybridized carbons (Fsp3) is 0.364. The molecule has 0 heterocycles. The van der Waals surface area contributed by atoms with Gasteiger partial charge in [0.25, 0.3) is 0 Å². The van der Waals surface area contributed by atoms with Crippen molar-refractivity contribution in [2.45, 2.75) is 26.9 Å². The molecule has 0 aliphatic heterocycles. The summed E-state index contributed by atoms with van der Waals surface area (Å²) in [5, 5.41) is 7.28. The van der Waals surface area contributed by atoms with Crippen molar-refractivity contribution < 1.29 is 4.74 Å². The van der Waals surface area contributed by atoms with E-state index in [-0.39, 0.29) is 11.9 Å². The fourth-order valence-corrected chi connectivity index (χ4v) is 1.20. The number of nitrogens with two attached hydrogens (primary N) is 1. The van der Waals surface area contributed by atoms with Gasteiger partial charge in [-0.3, -0.25) is 5.41 Å². The number of benzene rings is 1. The zero-order chi connectivity index (χ0) is 10.7. The van der Waals surface area contributed by atoms with Gasteiger partial charge in [0.05, 0.1) is 6.10 Å². The topological polar surface area (TPSA) is 59.1 Å². The van der Waals surface area contributed by atoms with Crippen LogP contribution in [0, 0.1) is 12.3 Å². The van der Waals surface area contributed by atoms with Crippen LogP contribution < -0.4 is 10.5 Å². The van der Waals surface area contributed by atoms with E-state index in [9.17, 15) is 0 Å². The first kappa shape index (κ1) is 10.6. The van der Waals surface area contributed by atoms with Gasteiger partial charge >= 0.3 is 0 Å². The largest absolute Gasteiger partial charge is 0.491 e. The van der Waals surface area contributed by atoms with Crippen LogP contribution in [0.1, 0.15) is 25.0 Å². The molecule has 0 spiro atoms. The van der Waals surface area contributed by atoms with Crippen LogP contribution in [0.3, 0.4) is 0 Å². The Morgan fingerprint density at radius 3 is 2.50 bits per heavy atom. The number of amidine groups is 1. The molecule has 0 atom stereocenters. The smallest absolute Gasteiger partial charge is 0.122 e. The Bertz CT molecular complexity index is 345. The quantitative estimate of drug-likeness (QED) is 0.569. The van der Waals surface area contributed by atoms with Gasteiger partial charge in [0.2, 0.25) is 0 Å². The third kappa shape index (κ3) is 2.49. The van der Waals surface area contributed by atoms with Gasteiger partial charge in [-0.15, -0.1) is 0 Å². The van der Waals surface area contributed by atoms with E-state index in [1.807, 2.05) is 32.9 Å². The summed E-state index contributed by atoms with van der Waals surface area (Å²) < 4.78 is 5.57. The monoisotopic (exact) mass is 192 g/mol. The molecule has 0 aromatic heterocycles. The SMILES string of the molecule is Cc1cc(C(=N)N)ccc1OC(C)C. The number of nitrogen functional groups attached to an aromatic ring is 1. The predicted molar refractivity (Wildman–Crippen MR) is 58.0 cm³/mol. The Kier molecular flexibility index (Phi) is 3.12. The van der Waals surface area contributed by atoms with E-state index in [1.165, 1.54) is 0 Å². The molecule has 0 aliphatic carbocycles. The minimum Gasteiger partial charge on any atom is -0.491 e. The van der Waals surface area contributed by atoms with Crippen molar-refractivity contribution in [3.63, 3.8) is 0 Å². The number of hydrogen-bond acceptors (Lipinski definition) is 2. The Morgan fingerprint density at radius 1 is 1.43 bits per heavy atom. The zero-order valence-corrected chi connectivity index (χ0v) is 8.79. The van der Waals surface area contributed by atoms with Crippen molar-refractivity contribution in [2.24, 2.45) is 5.73 Å². The summed E-state index contributed by atoms with van der Waals surface area (Å²) in [6, 6.07) is 5.51. The van der Waals surface area contributed by atoms with Crippen molar-refractivity contribution in [3.8, 4) is 5.75 Å². The van der Waals surface area contributed by atoms with Crippen LogP contribution in [-0.2, 0) is 0 Å². The van der Waals surface area contributed by atoms with Crippen LogP contribution in [0.5, 0.6) is 5.75 Å². The highest BCUT2D eigenvalue weighted by molar-refractivity contribution is 5.95. The van der Waals surface area contributed by atoms with Crippen LogP contribution in [-0.4, -0.2) is 11.9 Å². The van der Waals surface area contributed by atoms with Gasteiger partial charge in [-0.25, -0.2) is 0 Å². The van der Waals surface area contributed by atoms with E-state index in [4.69, 9.17) is 15.9 Å². The number of ether oxygens (including phenoxy) is 1. The Labute approximate surface area is 84.4 Å². The first-order valence-electron chi connectivity index (χ1n) is 4.62. The fourth-order valence-electron chi connectivity index (χ4n) is 1.20. The summed E-state index contributed by atoms with van der Waals surface area (Å²) in [6.45, 7) is 5.92. The Hall–Kier alpha value is -1.51. The van der Waals surface area contributed by atoms with Crippen LogP contribution >= 0.6 is 0 Å². The van der Waals surface area contributed by atoms with E-state index in [0.29, 0.717) is 0 Å². The van der Waals surface area contributed by atoms with Crippen LogP contribution in [0.15, 0.2) is 18.2 Å². The van der Waals surface area contributed by atoms with E-state index in [0.717, 1.165) is 16.9 Å². The van der Waals surface area contributed by atoms with Crippen molar-refractivity contribution in [2.75, 3.05) is 0 Å². The Balaban J connectivity index is 2.95. The zero-order valence-electron chi connectivity index (χ0n) is 8.79. The van der Waals surface area contributed by atoms with Gasteiger partial charge in [-0.2, -0.15) is 0 Å². The average Bonchev–Trinajstić information content (AvgIpc) is 2.07. The molecule has 0 fully saturated rings. The van der Waals surface area contributed by atoms with Crippen LogP contribution in [0.25, 0.3) is 0 Å². The van der Waals surface area contributed by atoms with Crippen LogP contribution in [0.4, 0.5) is 0 Å². The van der Waals surface area contributed by atoms with Crippen LogP contribution in [0.2, 0.25) is 0 Å². The molecule has 1 rings (SSSR count). The lowest BCUT2D eigenvalue weighted by molar-refractivity contribution is 0.241. The third-order valence-electron chi connectivity index (χ3n) is 1.85. The summed E-state index contributed by atoms with van der Waals surface area (Å²) in [5.74, 6) is 0.939. The molecule has 0 amide bonds. The summed E-state index contributed by atoms with van der Waals surface area (Å²) in [7, 11) is 0. The highest BCUT2D eigenvalue weighted by atomic mass is 16.5. The predicted octanol–water partition coefficient (Wildman–Crippen LogP) is 2.07. The molecule has 0 unspecified atom stereocenters. The van der Waals surface area contributed by atoms with Crippen molar-refractivity contribution >= 4 is 5.84 Å². The van der Waals surface area contributed by atoms with Crippen molar-refractivity contribution in [3.05, 3.63) is 29.3 Å². The first-order valence-corrected chi connectivity index (χ1v) is 4.62. The lowest BCUT2D eigenvalue weighted by Crippen LogP contribution is -2.12. The molecule has 3 nitrogen and oxygen atoms in total. The summed E-state index contributed by atoms with van der Waals surface area (Å²) in [4.78, 5) is 0. The van der Waals surface area contributed by atoms with E-state index >= 15 is 0 Å². The summed E-state index contributed by atoms with van der Waals surface area (Å²) in [5.41, 5.74) is 7.12. The lowest BCUT2D eigenvalue weighted by atomic mass is 10.1. The molecule has 0 bridgehead atoms. The number of aryl methyl sites for hydroxylation is 1. The lowest BCUT2D eigenvalue weighted by Gasteiger charge is -2.12. The van der Waals surface area contributed by atoms with Gasteiger partial charge in [0.15, 0.2) is 0 Å². The van der Waals surface area contributed by atoms with Gasteiger partial charge in [-0.05, 0) is 44.5 Å². The molecule has 0 radical (unpaired) electrons. The maximum Gasteiger partial charge on any atom is 0.122 e. The Morgan fingerprint density at radius 2 is 2.07 bits per heavy atom. The standard InChI is InChI=1S/C11H16N2O/c1-7(2)14-10-5-4-9(11(12)13)6-8(10)3/h4-7H,1-3H3,(H3,12,13). The molecule has 0 saturated carbocycles. The highest BCUT2D eigenvalue weighted by Gasteiger charge is 2.04. The maximum absolute atomic E-state index is 7.28. The second-order valence-electron chi connectivity index (χ2n) is 3.56. The van der Waals surface area contributed by atoms with E-state index < -0.39 is 0 Å². The van der Waals surface area contributed by atoms with Gasteiger partial charge in [-0.1, -0.05) is 0 Å². The second-order valence-corrected chi connectivity index (χ2v) is 3.56. The molecular formula is C11H16N2O. The summed E-state index contributed by atoms with van der Waals surface area (Å²) in [6.07, 6.45) is 0.164. The molecule has 3 heteroatoms. The molecular weight excluding hydrogens is 176 g/mol. The molecule has 1 aromatic rings. The van der Waals surface area contributed by atoms with E-state index in [2.05, 4.69) is 0 Å². The molecule has 14 heavy (non-hydrogen) atoms. The molecule has 0 aliphatic rings. The summed E-state index contributed by atoms with van der Waals surface area (Å²) >= 11 is 0. The number of rotatable bonds is 3. The number of hydrogen-bond donors (Lipinski definition) is 2. The third-order valence-corrected chi connectivity index (χ3v) is 1.85. The van der Waals surface area contributed by atoms with Gasteiger partial charge in [0, 0.05) is 5.56 Å². The minimum absolute atomic E-state index is 0.0872.